The molecular formula is C14H11ClNNaO3. The van der Waals surface area contributed by atoms with E-state index in [9.17, 15) is 9.90 Å². The van der Waals surface area contributed by atoms with E-state index in [1.54, 1.807) is 42.5 Å². The van der Waals surface area contributed by atoms with Crippen molar-refractivity contribution in [1.82, 2.24) is 0 Å². The Hall–Kier alpha value is -1.20. The topological polar surface area (TPSA) is 75.4 Å². The molecule has 0 spiro atoms. The fraction of sp³-hybridized carbons (Fsp3) is 0.0714. The van der Waals surface area contributed by atoms with Crippen molar-refractivity contribution in [3.05, 3.63) is 53.1 Å². The second kappa shape index (κ2) is 7.55. The Balaban J connectivity index is 0.00000200. The van der Waals surface area contributed by atoms with Crippen LogP contribution in [0.3, 0.4) is 0 Å². The van der Waals surface area contributed by atoms with Crippen molar-refractivity contribution in [3.63, 3.8) is 0 Å². The van der Waals surface area contributed by atoms with Gasteiger partial charge in [-0.3, -0.25) is 0 Å². The van der Waals surface area contributed by atoms with Crippen LogP contribution in [0.25, 0.3) is 0 Å². The number of carboxylic acids is 1. The number of para-hydroxylation sites is 1. The quantitative estimate of drug-likeness (QED) is 0.581. The first kappa shape index (κ1) is 16.9. The number of rotatable bonds is 4. The maximum Gasteiger partial charge on any atom is 1.00 e. The zero-order chi connectivity index (χ0) is 13.8. The number of carboxylic acid groups (broad SMARTS) is 1. The number of aliphatic carboxylic acids is 1. The number of carbonyl (C=O) groups is 1. The molecule has 2 N–H and O–H groups in total. The van der Waals surface area contributed by atoms with Gasteiger partial charge in [-0.25, -0.2) is 0 Å². The second-order valence-electron chi connectivity index (χ2n) is 3.94. The van der Waals surface area contributed by atoms with E-state index in [4.69, 9.17) is 22.1 Å². The molecule has 0 saturated heterocycles. The normalized spacial score (nSPS) is 9.65. The molecule has 0 aliphatic carbocycles. The van der Waals surface area contributed by atoms with Gasteiger partial charge in [0.25, 0.3) is 0 Å². The SMILES string of the molecule is Nc1c(CC(=O)[O-])cccc1Oc1cccc(Cl)c1.[Na+]. The van der Waals surface area contributed by atoms with Crippen LogP contribution in [0, 0.1) is 0 Å². The summed E-state index contributed by atoms with van der Waals surface area (Å²) in [5.41, 5.74) is 6.61. The molecule has 0 atom stereocenters. The Morgan fingerprint density at radius 1 is 1.25 bits per heavy atom. The maximum absolute atomic E-state index is 10.6. The molecule has 4 nitrogen and oxygen atoms in total. The van der Waals surface area contributed by atoms with E-state index >= 15 is 0 Å². The largest absolute Gasteiger partial charge is 1.00 e. The summed E-state index contributed by atoms with van der Waals surface area (Å²) in [6.45, 7) is 0. The first-order valence-corrected chi connectivity index (χ1v) is 5.94. The van der Waals surface area contributed by atoms with Gasteiger partial charge in [-0.05, 0) is 29.8 Å². The Labute approximate surface area is 143 Å². The molecule has 98 valence electrons. The van der Waals surface area contributed by atoms with E-state index < -0.39 is 5.97 Å². The molecule has 20 heavy (non-hydrogen) atoms. The maximum atomic E-state index is 10.6. The van der Waals surface area contributed by atoms with Gasteiger partial charge in [0.2, 0.25) is 0 Å². The number of ether oxygens (including phenoxy) is 1. The molecule has 0 heterocycles. The van der Waals surface area contributed by atoms with Crippen LogP contribution in [-0.4, -0.2) is 5.97 Å². The predicted molar refractivity (Wildman–Crippen MR) is 71.1 cm³/mol. The molecule has 0 saturated carbocycles. The van der Waals surface area contributed by atoms with Gasteiger partial charge in [-0.2, -0.15) is 0 Å². The van der Waals surface area contributed by atoms with E-state index in [2.05, 4.69) is 0 Å². The molecule has 0 radical (unpaired) electrons. The molecule has 0 fully saturated rings. The first-order valence-electron chi connectivity index (χ1n) is 5.57. The van der Waals surface area contributed by atoms with Gasteiger partial charge in [-0.15, -0.1) is 0 Å². The number of halogens is 1. The van der Waals surface area contributed by atoms with Gasteiger partial charge in [0.1, 0.15) is 5.75 Å². The number of nitrogen functional groups attached to an aromatic ring is 1. The van der Waals surface area contributed by atoms with Crippen LogP contribution in [0.4, 0.5) is 5.69 Å². The molecule has 0 aliphatic rings. The average molecular weight is 300 g/mol. The number of hydrogen-bond acceptors (Lipinski definition) is 4. The predicted octanol–water partition coefficient (Wildman–Crippen LogP) is -0.989. The number of hydrogen-bond donors (Lipinski definition) is 1. The molecule has 0 bridgehead atoms. The molecule has 0 amide bonds. The van der Waals surface area contributed by atoms with Crippen LogP contribution >= 0.6 is 11.6 Å². The van der Waals surface area contributed by atoms with E-state index in [-0.39, 0.29) is 41.7 Å². The number of anilines is 1. The Bertz CT molecular complexity index is 619. The van der Waals surface area contributed by atoms with Crippen molar-refractivity contribution in [2.24, 2.45) is 0 Å². The van der Waals surface area contributed by atoms with Crippen molar-refractivity contribution in [2.75, 3.05) is 5.73 Å². The summed E-state index contributed by atoms with van der Waals surface area (Å²) >= 11 is 5.85. The number of nitrogens with two attached hydrogens (primary N) is 1. The first-order chi connectivity index (χ1) is 9.06. The summed E-state index contributed by atoms with van der Waals surface area (Å²) in [6.07, 6.45) is -0.251. The third-order valence-corrected chi connectivity index (χ3v) is 2.75. The zero-order valence-corrected chi connectivity index (χ0v) is 13.7. The van der Waals surface area contributed by atoms with Crippen LogP contribution in [0.1, 0.15) is 5.56 Å². The van der Waals surface area contributed by atoms with Gasteiger partial charge in [0.05, 0.1) is 5.69 Å². The van der Waals surface area contributed by atoms with Crippen LogP contribution < -0.4 is 45.1 Å². The summed E-state index contributed by atoms with van der Waals surface area (Å²) in [5, 5.41) is 11.2. The smallest absolute Gasteiger partial charge is 0.550 e. The third kappa shape index (κ3) is 4.42. The molecule has 2 aromatic carbocycles. The third-order valence-electron chi connectivity index (χ3n) is 2.52. The zero-order valence-electron chi connectivity index (χ0n) is 10.9. The molecule has 0 aliphatic heterocycles. The van der Waals surface area contributed by atoms with Crippen LogP contribution in [-0.2, 0) is 11.2 Å². The minimum atomic E-state index is -1.19. The summed E-state index contributed by atoms with van der Waals surface area (Å²) in [4.78, 5) is 10.6. The van der Waals surface area contributed by atoms with Crippen LogP contribution in [0.5, 0.6) is 11.5 Å². The summed E-state index contributed by atoms with van der Waals surface area (Å²) in [6, 6.07) is 11.8. The van der Waals surface area contributed by atoms with Gasteiger partial charge in [0.15, 0.2) is 5.75 Å². The minimum Gasteiger partial charge on any atom is -0.550 e. The van der Waals surface area contributed by atoms with E-state index in [1.165, 1.54) is 0 Å². The van der Waals surface area contributed by atoms with Gasteiger partial charge < -0.3 is 20.4 Å². The van der Waals surface area contributed by atoms with Crippen molar-refractivity contribution in [1.29, 1.82) is 0 Å². The van der Waals surface area contributed by atoms with Gasteiger partial charge in [-0.1, -0.05) is 29.8 Å². The summed E-state index contributed by atoms with van der Waals surface area (Å²) in [5.74, 6) is -0.266. The molecule has 0 aromatic heterocycles. The van der Waals surface area contributed by atoms with Gasteiger partial charge >= 0.3 is 29.6 Å². The monoisotopic (exact) mass is 299 g/mol. The Kier molecular flexibility index (Phi) is 6.36. The van der Waals surface area contributed by atoms with Crippen molar-refractivity contribution in [2.45, 2.75) is 6.42 Å². The molecule has 6 heteroatoms. The van der Waals surface area contributed by atoms with Crippen molar-refractivity contribution < 1.29 is 44.2 Å². The van der Waals surface area contributed by atoms with Crippen molar-refractivity contribution in [3.8, 4) is 11.5 Å². The summed E-state index contributed by atoms with van der Waals surface area (Å²) in [7, 11) is 0. The molecule has 0 unspecified atom stereocenters. The van der Waals surface area contributed by atoms with E-state index in [0.717, 1.165) is 0 Å². The number of carbonyl (C=O) groups excluding carboxylic acids is 1. The Morgan fingerprint density at radius 3 is 2.60 bits per heavy atom. The molecule has 2 aromatic rings. The second-order valence-corrected chi connectivity index (χ2v) is 4.37. The molecular weight excluding hydrogens is 289 g/mol. The van der Waals surface area contributed by atoms with E-state index in [1.807, 2.05) is 0 Å². The minimum absolute atomic E-state index is 0. The average Bonchev–Trinajstić information content (AvgIpc) is 2.34. The standard InChI is InChI=1S/C14H12ClNO3.Na/c15-10-4-2-5-11(8-10)19-12-6-1-3-9(14(12)16)7-13(17)18;/h1-6,8H,7,16H2,(H,17,18);/q;+1/p-1. The number of benzene rings is 2. The van der Waals surface area contributed by atoms with Crippen molar-refractivity contribution >= 4 is 23.3 Å². The Morgan fingerprint density at radius 2 is 1.95 bits per heavy atom. The molecule has 2 rings (SSSR count). The fourth-order valence-electron chi connectivity index (χ4n) is 1.65. The fourth-order valence-corrected chi connectivity index (χ4v) is 1.83. The van der Waals surface area contributed by atoms with Crippen LogP contribution in [0.15, 0.2) is 42.5 Å². The van der Waals surface area contributed by atoms with Gasteiger partial charge in [0, 0.05) is 17.4 Å². The van der Waals surface area contributed by atoms with E-state index in [0.29, 0.717) is 22.1 Å². The summed E-state index contributed by atoms with van der Waals surface area (Å²) < 4.78 is 5.59. The van der Waals surface area contributed by atoms with Crippen LogP contribution in [0.2, 0.25) is 5.02 Å².